The molecule has 0 aromatic heterocycles. The minimum atomic E-state index is -4.97. The van der Waals surface area contributed by atoms with Gasteiger partial charge in [-0.15, -0.1) is 0 Å². The molecule has 0 amide bonds. The zero-order valence-electron chi connectivity index (χ0n) is 65.5. The third-order valence-corrected chi connectivity index (χ3v) is 20.6. The smallest absolute Gasteiger partial charge is 0.462 e. The van der Waals surface area contributed by atoms with Gasteiger partial charge in [0.25, 0.3) is 0 Å². The molecule has 596 valence electrons. The van der Waals surface area contributed by atoms with Gasteiger partial charge in [-0.05, 0) is 57.3 Å². The zero-order valence-corrected chi connectivity index (χ0v) is 67.3. The van der Waals surface area contributed by atoms with Gasteiger partial charge in [0, 0.05) is 25.7 Å². The fraction of sp³-hybridized carbons (Fsp3) is 0.902. The Morgan fingerprint density at radius 2 is 0.535 bits per heavy atom. The molecule has 0 aliphatic carbocycles. The summed E-state index contributed by atoms with van der Waals surface area (Å²) in [5, 5.41) is 10.6. The van der Waals surface area contributed by atoms with Gasteiger partial charge in [0.05, 0.1) is 26.4 Å². The Hall–Kier alpha value is -2.46. The van der Waals surface area contributed by atoms with E-state index in [1.165, 1.54) is 225 Å². The third kappa shape index (κ3) is 75.6. The van der Waals surface area contributed by atoms with Gasteiger partial charge in [-0.2, -0.15) is 0 Å². The van der Waals surface area contributed by atoms with Gasteiger partial charge in [0.1, 0.15) is 19.3 Å². The van der Waals surface area contributed by atoms with Gasteiger partial charge in [-0.3, -0.25) is 37.3 Å². The van der Waals surface area contributed by atoms with E-state index in [1.54, 1.807) is 0 Å². The van der Waals surface area contributed by atoms with Gasteiger partial charge in [0.15, 0.2) is 12.2 Å². The maximum absolute atomic E-state index is 13.1. The molecule has 0 saturated heterocycles. The normalized spacial score (nSPS) is 14.0. The second-order valence-electron chi connectivity index (χ2n) is 29.3. The Balaban J connectivity index is 5.24. The lowest BCUT2D eigenvalue weighted by Gasteiger charge is -2.21. The van der Waals surface area contributed by atoms with Crippen molar-refractivity contribution in [3.05, 3.63) is 24.3 Å². The van der Waals surface area contributed by atoms with Crippen molar-refractivity contribution in [2.24, 2.45) is 5.92 Å². The van der Waals surface area contributed by atoms with E-state index in [9.17, 15) is 43.2 Å². The molecule has 0 bridgehead atoms. The van der Waals surface area contributed by atoms with Crippen LogP contribution in [0.3, 0.4) is 0 Å². The number of unbranched alkanes of at least 4 members (excludes halogenated alkanes) is 49. The zero-order chi connectivity index (χ0) is 74.1. The molecule has 0 fully saturated rings. The number of allylic oxidation sites excluding steroid dienone is 4. The maximum atomic E-state index is 13.1. The molecule has 3 N–H and O–H groups in total. The first kappa shape index (κ1) is 98.5. The number of carbonyl (C=O) groups is 4. The predicted molar refractivity (Wildman–Crippen MR) is 414 cm³/mol. The van der Waals surface area contributed by atoms with Crippen LogP contribution in [0.4, 0.5) is 0 Å². The first-order chi connectivity index (χ1) is 49.0. The molecule has 0 aliphatic rings. The number of rotatable bonds is 80. The van der Waals surface area contributed by atoms with Crippen LogP contribution in [0.25, 0.3) is 0 Å². The number of esters is 4. The van der Waals surface area contributed by atoms with Crippen LogP contribution in [0.5, 0.6) is 0 Å². The van der Waals surface area contributed by atoms with Crippen LogP contribution in [0.2, 0.25) is 0 Å². The van der Waals surface area contributed by atoms with Gasteiger partial charge < -0.3 is 33.8 Å². The topological polar surface area (TPSA) is 237 Å². The second-order valence-corrected chi connectivity index (χ2v) is 32.2. The Morgan fingerprint density at radius 3 is 0.812 bits per heavy atom. The summed E-state index contributed by atoms with van der Waals surface area (Å²) in [6.45, 7) is 7.27. The minimum Gasteiger partial charge on any atom is -0.462 e. The SMILES string of the molecule is CCCCCC/C=C\C=C/CCCCCCCC(=O)O[C@H](COC(=O)CCCCCCCCCCC)COP(=O)(O)OC[C@H](O)COP(=O)(O)OC[C@@H](COC(=O)CCCCCCCCCCCCCCCCC(C)C)OC(=O)CCCCCCCCCCCCCCCCCCCCCC. The predicted octanol–water partition coefficient (Wildman–Crippen LogP) is 24.4. The van der Waals surface area contributed by atoms with Crippen LogP contribution in [-0.4, -0.2) is 96.7 Å². The van der Waals surface area contributed by atoms with Crippen molar-refractivity contribution in [3.63, 3.8) is 0 Å². The minimum absolute atomic E-state index is 0.0854. The summed E-state index contributed by atoms with van der Waals surface area (Å²) in [4.78, 5) is 73.0. The quantitative estimate of drug-likeness (QED) is 0.0169. The fourth-order valence-corrected chi connectivity index (χ4v) is 13.8. The van der Waals surface area contributed by atoms with E-state index >= 15 is 0 Å². The van der Waals surface area contributed by atoms with Gasteiger partial charge >= 0.3 is 39.5 Å². The first-order valence-electron chi connectivity index (χ1n) is 42.0. The summed E-state index contributed by atoms with van der Waals surface area (Å²) in [6.07, 6.45) is 68.8. The standard InChI is InChI=1S/C82H156O17P2/c1-6-9-12-15-18-21-23-25-27-28-29-30-31-33-39-43-48-53-58-63-68-82(87)99-78(72-93-80(85)66-61-56-51-46-41-37-35-34-36-40-45-49-54-59-64-75(4)5)74-97-101(90,91)95-70-76(83)69-94-100(88,89)96-73-77(71-92-79(84)65-60-55-50-44-20-17-14-11-8-3)98-81(86)67-62-57-52-47-42-38-32-26-24-22-19-16-13-10-7-2/h22,24,26,32,75-78,83H,6-21,23,25,27-31,33-74H2,1-5H3,(H,88,89)(H,90,91)/b24-22-,32-26-/t76-,77+,78+/m0/s1. The van der Waals surface area contributed by atoms with E-state index in [4.69, 9.17) is 37.0 Å². The van der Waals surface area contributed by atoms with E-state index < -0.39 is 97.5 Å². The number of carbonyl (C=O) groups excluding carboxylic acids is 4. The van der Waals surface area contributed by atoms with Crippen LogP contribution < -0.4 is 0 Å². The molecule has 19 heteroatoms. The summed E-state index contributed by atoms with van der Waals surface area (Å²) >= 11 is 0. The molecule has 0 spiro atoms. The highest BCUT2D eigenvalue weighted by atomic mass is 31.2. The van der Waals surface area contributed by atoms with Crippen LogP contribution >= 0.6 is 15.6 Å². The lowest BCUT2D eigenvalue weighted by molar-refractivity contribution is -0.161. The molecular formula is C82H156O17P2. The summed E-state index contributed by atoms with van der Waals surface area (Å²) in [5.74, 6) is -1.34. The summed E-state index contributed by atoms with van der Waals surface area (Å²) in [6, 6.07) is 0. The van der Waals surface area contributed by atoms with Gasteiger partial charge in [-0.25, -0.2) is 9.13 Å². The fourth-order valence-electron chi connectivity index (χ4n) is 12.2. The van der Waals surface area contributed by atoms with E-state index in [0.29, 0.717) is 25.7 Å². The second kappa shape index (κ2) is 74.4. The number of ether oxygens (including phenoxy) is 4. The molecule has 0 radical (unpaired) electrons. The van der Waals surface area contributed by atoms with Crippen molar-refractivity contribution < 1.29 is 80.2 Å². The molecule has 2 unspecified atom stereocenters. The highest BCUT2D eigenvalue weighted by Gasteiger charge is 2.30. The highest BCUT2D eigenvalue weighted by Crippen LogP contribution is 2.45. The van der Waals surface area contributed by atoms with Crippen molar-refractivity contribution in [1.82, 2.24) is 0 Å². The Kier molecular flexibility index (Phi) is 72.6. The molecule has 0 saturated carbocycles. The van der Waals surface area contributed by atoms with E-state index in [2.05, 4.69) is 58.9 Å². The van der Waals surface area contributed by atoms with Crippen LogP contribution in [-0.2, 0) is 65.4 Å². The van der Waals surface area contributed by atoms with Gasteiger partial charge in [-0.1, -0.05) is 361 Å². The van der Waals surface area contributed by atoms with E-state index in [0.717, 1.165) is 109 Å². The molecule has 5 atom stereocenters. The van der Waals surface area contributed by atoms with E-state index in [-0.39, 0.29) is 25.7 Å². The monoisotopic (exact) mass is 1480 g/mol. The Labute approximate surface area is 618 Å². The summed E-state index contributed by atoms with van der Waals surface area (Å²) in [7, 11) is -9.93. The Morgan fingerprint density at radius 1 is 0.307 bits per heavy atom. The van der Waals surface area contributed by atoms with Crippen molar-refractivity contribution in [1.29, 1.82) is 0 Å². The summed E-state index contributed by atoms with van der Waals surface area (Å²) in [5.41, 5.74) is 0. The number of phosphoric ester groups is 2. The Bertz CT molecular complexity index is 2020. The van der Waals surface area contributed by atoms with Crippen LogP contribution in [0, 0.1) is 5.92 Å². The lowest BCUT2D eigenvalue weighted by Crippen LogP contribution is -2.30. The number of aliphatic hydroxyl groups excluding tert-OH is 1. The molecule has 0 aliphatic heterocycles. The average Bonchev–Trinajstić information content (AvgIpc) is 0.980. The third-order valence-electron chi connectivity index (χ3n) is 18.7. The van der Waals surface area contributed by atoms with Crippen LogP contribution in [0.15, 0.2) is 24.3 Å². The molecule has 101 heavy (non-hydrogen) atoms. The van der Waals surface area contributed by atoms with Crippen molar-refractivity contribution in [2.45, 2.75) is 432 Å². The van der Waals surface area contributed by atoms with Gasteiger partial charge in [0.2, 0.25) is 0 Å². The highest BCUT2D eigenvalue weighted by molar-refractivity contribution is 7.47. The molecule has 17 nitrogen and oxygen atoms in total. The lowest BCUT2D eigenvalue weighted by atomic mass is 10.0. The van der Waals surface area contributed by atoms with Crippen molar-refractivity contribution in [2.75, 3.05) is 39.6 Å². The largest absolute Gasteiger partial charge is 0.472 e. The average molecular weight is 1480 g/mol. The maximum Gasteiger partial charge on any atom is 0.472 e. The molecule has 0 aromatic rings. The van der Waals surface area contributed by atoms with E-state index in [1.807, 2.05) is 0 Å². The number of aliphatic hydroxyl groups is 1. The van der Waals surface area contributed by atoms with Crippen molar-refractivity contribution >= 4 is 39.5 Å². The first-order valence-corrected chi connectivity index (χ1v) is 44.9. The molecule has 0 aromatic carbocycles. The van der Waals surface area contributed by atoms with Crippen molar-refractivity contribution in [3.8, 4) is 0 Å². The summed E-state index contributed by atoms with van der Waals surface area (Å²) < 4.78 is 68.7. The molecule has 0 rings (SSSR count). The number of hydrogen-bond donors (Lipinski definition) is 3. The number of hydrogen-bond acceptors (Lipinski definition) is 15. The number of phosphoric acid groups is 2. The molecular weight excluding hydrogens is 1320 g/mol. The van der Waals surface area contributed by atoms with Crippen LogP contribution in [0.1, 0.15) is 413 Å². The molecule has 0 heterocycles.